The Bertz CT molecular complexity index is 1680. The van der Waals surface area contributed by atoms with Crippen LogP contribution >= 0.6 is 0 Å². The van der Waals surface area contributed by atoms with Gasteiger partial charge in [-0.15, -0.1) is 0 Å². The van der Waals surface area contributed by atoms with Crippen molar-refractivity contribution in [2.45, 2.75) is 56.4 Å². The van der Waals surface area contributed by atoms with E-state index >= 15 is 4.39 Å². The number of nitrogens with one attached hydrogen (secondary N) is 1. The van der Waals surface area contributed by atoms with Crippen LogP contribution in [-0.4, -0.2) is 36.6 Å². The van der Waals surface area contributed by atoms with Crippen LogP contribution in [0.5, 0.6) is 0 Å². The number of fused-ring (bicyclic) bond motifs is 3. The number of nitrogens with zero attached hydrogens (tertiary/aromatic N) is 4. The van der Waals surface area contributed by atoms with Crippen LogP contribution in [0, 0.1) is 17.7 Å². The van der Waals surface area contributed by atoms with Crippen molar-refractivity contribution in [1.82, 2.24) is 24.7 Å². The van der Waals surface area contributed by atoms with E-state index in [2.05, 4.69) is 27.1 Å². The first kappa shape index (κ1) is 24.7. The molecule has 2 aliphatic carbocycles. The van der Waals surface area contributed by atoms with Gasteiger partial charge in [-0.2, -0.15) is 0 Å². The van der Waals surface area contributed by atoms with Gasteiger partial charge in [-0.1, -0.05) is 18.1 Å². The number of carbonyl (C=O) groups excluding carboxylic acids is 2. The zero-order chi connectivity index (χ0) is 27.2. The molecule has 2 bridgehead atoms. The lowest BCUT2D eigenvalue weighted by atomic mass is 9.83. The van der Waals surface area contributed by atoms with Crippen LogP contribution in [0.3, 0.4) is 0 Å². The predicted octanol–water partition coefficient (Wildman–Crippen LogP) is 4.03. The molecule has 2 fully saturated rings. The summed E-state index contributed by atoms with van der Waals surface area (Å²) >= 11 is 0. The summed E-state index contributed by atoms with van der Waals surface area (Å²) in [5.74, 6) is 5.21. The molecule has 0 unspecified atom stereocenters. The Morgan fingerprint density at radius 1 is 1.13 bits per heavy atom. The second kappa shape index (κ2) is 9.31. The molecule has 196 valence electrons. The molecule has 0 radical (unpaired) electrons. The van der Waals surface area contributed by atoms with Crippen LogP contribution in [-0.2, 0) is 16.6 Å². The molecule has 39 heavy (non-hydrogen) atoms. The number of benzene rings is 1. The molecular formula is C30H27FN6O2. The van der Waals surface area contributed by atoms with Gasteiger partial charge in [-0.25, -0.2) is 14.4 Å². The average molecular weight is 523 g/mol. The number of Topliss-reactive ketones (excluding diaryl/α,β-unsaturated/α-hetero) is 1. The first-order valence-electron chi connectivity index (χ1n) is 12.9. The maximum Gasteiger partial charge on any atom is 0.296 e. The number of aromatic nitrogens is 4. The van der Waals surface area contributed by atoms with Crippen LogP contribution < -0.4 is 11.1 Å². The van der Waals surface area contributed by atoms with Crippen LogP contribution in [0.4, 0.5) is 10.2 Å². The number of amides is 1. The minimum absolute atomic E-state index is 0.0820. The number of nitrogen functional groups attached to an aromatic ring is 1. The van der Waals surface area contributed by atoms with E-state index in [9.17, 15) is 9.59 Å². The molecule has 1 aromatic carbocycles. The maximum atomic E-state index is 15.6. The van der Waals surface area contributed by atoms with Crippen molar-refractivity contribution in [1.29, 1.82) is 0 Å². The molecule has 3 N–H and O–H groups in total. The van der Waals surface area contributed by atoms with Gasteiger partial charge in [0, 0.05) is 46.4 Å². The van der Waals surface area contributed by atoms with Crippen LogP contribution in [0.25, 0.3) is 16.8 Å². The fourth-order valence-corrected chi connectivity index (χ4v) is 6.34. The van der Waals surface area contributed by atoms with Crippen molar-refractivity contribution < 1.29 is 14.0 Å². The number of hydrogen-bond acceptors (Lipinski definition) is 6. The Morgan fingerprint density at radius 3 is 2.67 bits per heavy atom. The molecule has 6 rings (SSSR count). The van der Waals surface area contributed by atoms with Gasteiger partial charge in [0.1, 0.15) is 28.7 Å². The summed E-state index contributed by atoms with van der Waals surface area (Å²) in [6, 6.07) is 9.79. The molecule has 9 heteroatoms. The number of hydrogen-bond donors (Lipinski definition) is 2. The van der Waals surface area contributed by atoms with Crippen molar-refractivity contribution in [3.05, 3.63) is 77.9 Å². The molecule has 0 saturated heterocycles. The van der Waals surface area contributed by atoms with E-state index in [1.165, 1.54) is 6.07 Å². The van der Waals surface area contributed by atoms with E-state index in [1.807, 2.05) is 10.5 Å². The number of imidazole rings is 1. The molecule has 3 heterocycles. The van der Waals surface area contributed by atoms with Gasteiger partial charge >= 0.3 is 0 Å². The minimum Gasteiger partial charge on any atom is -0.382 e. The first-order chi connectivity index (χ1) is 18.8. The molecule has 2 aliphatic rings. The fraction of sp³-hybridized carbons (Fsp3) is 0.300. The molecule has 1 amide bonds. The van der Waals surface area contributed by atoms with Gasteiger partial charge in [0.2, 0.25) is 0 Å². The third-order valence-corrected chi connectivity index (χ3v) is 8.13. The number of carbonyl (C=O) groups is 2. The number of rotatable bonds is 6. The predicted molar refractivity (Wildman–Crippen MR) is 144 cm³/mol. The van der Waals surface area contributed by atoms with Crippen LogP contribution in [0.1, 0.15) is 60.9 Å². The summed E-state index contributed by atoms with van der Waals surface area (Å²) in [5, 5.41) is 3.14. The number of ketones is 1. The Hall–Kier alpha value is -4.58. The first-order valence-corrected chi connectivity index (χ1v) is 12.9. The summed E-state index contributed by atoms with van der Waals surface area (Å²) in [6.45, 7) is 1.64. The zero-order valence-electron chi connectivity index (χ0n) is 21.5. The lowest BCUT2D eigenvalue weighted by Crippen LogP contribution is -2.44. The number of anilines is 1. The Balaban J connectivity index is 1.37. The van der Waals surface area contributed by atoms with E-state index in [1.54, 1.807) is 49.8 Å². The van der Waals surface area contributed by atoms with Gasteiger partial charge < -0.3 is 11.1 Å². The molecule has 8 nitrogen and oxygen atoms in total. The monoisotopic (exact) mass is 522 g/mol. The zero-order valence-corrected chi connectivity index (χ0v) is 21.5. The highest BCUT2D eigenvalue weighted by Crippen LogP contribution is 2.57. The van der Waals surface area contributed by atoms with Crippen LogP contribution in [0.2, 0.25) is 0 Å². The quantitative estimate of drug-likeness (QED) is 0.292. The third-order valence-electron chi connectivity index (χ3n) is 8.13. The smallest absolute Gasteiger partial charge is 0.296 e. The molecule has 0 atom stereocenters. The third kappa shape index (κ3) is 4.22. The average Bonchev–Trinajstić information content (AvgIpc) is 3.60. The van der Waals surface area contributed by atoms with Crippen molar-refractivity contribution in [3.63, 3.8) is 0 Å². The SMILES string of the molecule is CC#CC(=O)NC12CCC(c3nc(-c4ccc(C(=O)Cc5ccccn5)cc4F)c4c(N)nccn34)(CC1)C2. The Morgan fingerprint density at radius 2 is 1.95 bits per heavy atom. The summed E-state index contributed by atoms with van der Waals surface area (Å²) in [6.07, 6.45) is 9.13. The summed E-state index contributed by atoms with van der Waals surface area (Å²) in [4.78, 5) is 38.5. The second-order valence-corrected chi connectivity index (χ2v) is 10.5. The van der Waals surface area contributed by atoms with E-state index in [0.29, 0.717) is 16.9 Å². The summed E-state index contributed by atoms with van der Waals surface area (Å²) < 4.78 is 17.5. The van der Waals surface area contributed by atoms with E-state index in [-0.39, 0.29) is 46.0 Å². The van der Waals surface area contributed by atoms with Gasteiger partial charge in [0.15, 0.2) is 5.78 Å². The van der Waals surface area contributed by atoms with Crippen molar-refractivity contribution >= 4 is 23.0 Å². The summed E-state index contributed by atoms with van der Waals surface area (Å²) in [7, 11) is 0. The second-order valence-electron chi connectivity index (χ2n) is 10.5. The highest BCUT2D eigenvalue weighted by atomic mass is 19.1. The van der Waals surface area contributed by atoms with Gasteiger partial charge in [-0.05, 0) is 69.2 Å². The summed E-state index contributed by atoms with van der Waals surface area (Å²) in [5.41, 5.74) is 7.74. The normalized spacial score (nSPS) is 21.5. The highest BCUT2D eigenvalue weighted by Gasteiger charge is 2.57. The highest BCUT2D eigenvalue weighted by molar-refractivity contribution is 5.98. The number of pyridine rings is 1. The van der Waals surface area contributed by atoms with Crippen LogP contribution in [0.15, 0.2) is 55.0 Å². The maximum absolute atomic E-state index is 15.6. The minimum atomic E-state index is -0.563. The standard InChI is InChI=1S/C30H27FN6O2/c1-2-5-24(39)36-30-11-9-29(18-30,10-12-30)28-35-25(26-27(32)34-14-15-37(26)28)21-8-7-19(16-22(21)31)23(38)17-20-6-3-4-13-33-20/h3-4,6-8,13-16H,9-12,17-18H2,1H3,(H2,32,34)(H,36,39). The number of halogens is 1. The lowest BCUT2D eigenvalue weighted by Gasteiger charge is -2.27. The van der Waals surface area contributed by atoms with Gasteiger partial charge in [0.25, 0.3) is 5.91 Å². The molecular weight excluding hydrogens is 495 g/mol. The molecule has 0 spiro atoms. The molecule has 0 aliphatic heterocycles. The van der Waals surface area contributed by atoms with Gasteiger partial charge in [-0.3, -0.25) is 19.0 Å². The Labute approximate surface area is 224 Å². The largest absolute Gasteiger partial charge is 0.382 e. The van der Waals surface area contributed by atoms with E-state index in [4.69, 9.17) is 10.7 Å². The van der Waals surface area contributed by atoms with Crippen molar-refractivity contribution in [2.24, 2.45) is 0 Å². The molecule has 3 aromatic heterocycles. The van der Waals surface area contributed by atoms with Crippen molar-refractivity contribution in [2.75, 3.05) is 5.73 Å². The topological polar surface area (TPSA) is 115 Å². The fourth-order valence-electron chi connectivity index (χ4n) is 6.34. The Kier molecular flexibility index (Phi) is 5.91. The van der Waals surface area contributed by atoms with Crippen molar-refractivity contribution in [3.8, 4) is 23.1 Å². The lowest BCUT2D eigenvalue weighted by molar-refractivity contribution is -0.117. The molecule has 2 saturated carbocycles. The van der Waals surface area contributed by atoms with Gasteiger partial charge in [0.05, 0.1) is 6.42 Å². The molecule has 4 aromatic rings. The number of nitrogens with two attached hydrogens (primary N) is 1. The van der Waals surface area contributed by atoms with E-state index < -0.39 is 5.82 Å². The van der Waals surface area contributed by atoms with E-state index in [0.717, 1.165) is 37.9 Å².